The van der Waals surface area contributed by atoms with Gasteiger partial charge in [-0.3, -0.25) is 4.79 Å². The fourth-order valence-electron chi connectivity index (χ4n) is 1.36. The Balaban J connectivity index is 3.28. The summed E-state index contributed by atoms with van der Waals surface area (Å²) in [6, 6.07) is 2.88. The molecular weight excluding hydrogens is 205 g/mol. The van der Waals surface area contributed by atoms with E-state index in [9.17, 15) is 18.0 Å². The Bertz CT molecular complexity index is 405. The van der Waals surface area contributed by atoms with Gasteiger partial charge in [-0.1, -0.05) is 6.07 Å². The summed E-state index contributed by atoms with van der Waals surface area (Å²) in [7, 11) is 0. The number of aryl methyl sites for hydroxylation is 3. The summed E-state index contributed by atoms with van der Waals surface area (Å²) < 4.78 is 36.6. The van der Waals surface area contributed by atoms with Crippen LogP contribution in [-0.2, 0) is 0 Å². The maximum absolute atomic E-state index is 12.2. The first-order valence-corrected chi connectivity index (χ1v) is 4.43. The van der Waals surface area contributed by atoms with Crippen LogP contribution in [0.5, 0.6) is 0 Å². The average Bonchev–Trinajstić information content (AvgIpc) is 2.08. The Hall–Kier alpha value is -1.32. The molecule has 82 valence electrons. The van der Waals surface area contributed by atoms with E-state index in [0.717, 1.165) is 5.56 Å². The Morgan fingerprint density at radius 1 is 1.00 bits per heavy atom. The summed E-state index contributed by atoms with van der Waals surface area (Å²) >= 11 is 0. The van der Waals surface area contributed by atoms with E-state index in [2.05, 4.69) is 0 Å². The Morgan fingerprint density at radius 3 is 1.93 bits per heavy atom. The summed E-state index contributed by atoms with van der Waals surface area (Å²) in [5.74, 6) is -1.77. The smallest absolute Gasteiger partial charge is 0.284 e. The van der Waals surface area contributed by atoms with Gasteiger partial charge in [0.25, 0.3) is 5.78 Å². The van der Waals surface area contributed by atoms with Crippen LogP contribution in [0.4, 0.5) is 13.2 Å². The Labute approximate surface area is 85.9 Å². The number of ketones is 1. The monoisotopic (exact) mass is 216 g/mol. The lowest BCUT2D eigenvalue weighted by Crippen LogP contribution is -2.23. The normalized spacial score (nSPS) is 11.6. The van der Waals surface area contributed by atoms with Crippen molar-refractivity contribution in [3.8, 4) is 0 Å². The molecule has 0 aliphatic heterocycles. The zero-order chi connectivity index (χ0) is 11.8. The molecule has 0 bridgehead atoms. The average molecular weight is 216 g/mol. The molecule has 0 fully saturated rings. The van der Waals surface area contributed by atoms with Crippen molar-refractivity contribution in [2.45, 2.75) is 26.9 Å². The summed E-state index contributed by atoms with van der Waals surface area (Å²) in [5, 5.41) is 0. The summed E-state index contributed by atoms with van der Waals surface area (Å²) in [6.07, 6.45) is -4.80. The number of rotatable bonds is 1. The van der Waals surface area contributed by atoms with Crippen molar-refractivity contribution in [2.75, 3.05) is 0 Å². The first kappa shape index (κ1) is 11.8. The van der Waals surface area contributed by atoms with E-state index >= 15 is 0 Å². The molecule has 0 aromatic heterocycles. The number of carbonyl (C=O) groups is 1. The van der Waals surface area contributed by atoms with Gasteiger partial charge in [0.1, 0.15) is 0 Å². The Morgan fingerprint density at radius 2 is 1.47 bits per heavy atom. The minimum absolute atomic E-state index is 0.259. The topological polar surface area (TPSA) is 17.1 Å². The van der Waals surface area contributed by atoms with E-state index in [4.69, 9.17) is 0 Å². The van der Waals surface area contributed by atoms with Gasteiger partial charge in [0.05, 0.1) is 0 Å². The summed E-state index contributed by atoms with van der Waals surface area (Å²) in [5.41, 5.74) is 1.67. The molecule has 1 aromatic carbocycles. The Kier molecular flexibility index (Phi) is 2.88. The molecule has 1 aromatic rings. The van der Waals surface area contributed by atoms with Crippen molar-refractivity contribution in [3.63, 3.8) is 0 Å². The van der Waals surface area contributed by atoms with Gasteiger partial charge in [-0.2, -0.15) is 13.2 Å². The summed E-state index contributed by atoms with van der Waals surface area (Å²) in [6.45, 7) is 4.98. The van der Waals surface area contributed by atoms with Crippen molar-refractivity contribution in [2.24, 2.45) is 0 Å². The number of alkyl halides is 3. The van der Waals surface area contributed by atoms with Crippen molar-refractivity contribution in [3.05, 3.63) is 34.4 Å². The number of hydrogen-bond donors (Lipinski definition) is 0. The van der Waals surface area contributed by atoms with Crippen molar-refractivity contribution in [1.29, 1.82) is 0 Å². The second-order valence-electron chi connectivity index (χ2n) is 3.58. The van der Waals surface area contributed by atoms with Crippen molar-refractivity contribution in [1.82, 2.24) is 0 Å². The molecule has 0 heterocycles. The number of carbonyl (C=O) groups excluding carboxylic acids is 1. The molecule has 0 radical (unpaired) electrons. The van der Waals surface area contributed by atoms with Crippen LogP contribution >= 0.6 is 0 Å². The second kappa shape index (κ2) is 3.68. The highest BCUT2D eigenvalue weighted by Crippen LogP contribution is 2.25. The molecule has 0 N–H and O–H groups in total. The van der Waals surface area contributed by atoms with E-state index in [1.807, 2.05) is 0 Å². The predicted molar refractivity (Wildman–Crippen MR) is 51.0 cm³/mol. The molecule has 1 nitrogen and oxygen atoms in total. The van der Waals surface area contributed by atoms with Crippen LogP contribution in [-0.4, -0.2) is 12.0 Å². The highest BCUT2D eigenvalue weighted by atomic mass is 19.4. The largest absolute Gasteiger partial charge is 0.454 e. The molecule has 1 rings (SSSR count). The lowest BCUT2D eigenvalue weighted by molar-refractivity contribution is -0.0885. The SMILES string of the molecule is Cc1cc(C)c(C(=O)C(F)(F)F)cc1C. The van der Waals surface area contributed by atoms with Crippen molar-refractivity contribution >= 4 is 5.78 Å². The lowest BCUT2D eigenvalue weighted by atomic mass is 9.98. The van der Waals surface area contributed by atoms with Gasteiger partial charge >= 0.3 is 6.18 Å². The quantitative estimate of drug-likeness (QED) is 0.658. The third-order valence-electron chi connectivity index (χ3n) is 2.34. The van der Waals surface area contributed by atoms with E-state index in [-0.39, 0.29) is 5.56 Å². The first-order chi connectivity index (χ1) is 6.73. The molecule has 4 heteroatoms. The molecule has 0 unspecified atom stereocenters. The van der Waals surface area contributed by atoms with Crippen molar-refractivity contribution < 1.29 is 18.0 Å². The van der Waals surface area contributed by atoms with Gasteiger partial charge in [0.2, 0.25) is 0 Å². The third-order valence-corrected chi connectivity index (χ3v) is 2.34. The minimum atomic E-state index is -4.80. The van der Waals surface area contributed by atoms with Gasteiger partial charge in [0, 0.05) is 5.56 Å². The van der Waals surface area contributed by atoms with E-state index in [0.29, 0.717) is 11.1 Å². The first-order valence-electron chi connectivity index (χ1n) is 4.43. The maximum Gasteiger partial charge on any atom is 0.454 e. The molecular formula is C11H11F3O. The van der Waals surface area contributed by atoms with Gasteiger partial charge in [-0.05, 0) is 43.5 Å². The van der Waals surface area contributed by atoms with Crippen LogP contribution in [0.15, 0.2) is 12.1 Å². The minimum Gasteiger partial charge on any atom is -0.284 e. The second-order valence-corrected chi connectivity index (χ2v) is 3.58. The zero-order valence-electron chi connectivity index (χ0n) is 8.70. The van der Waals surface area contributed by atoms with Gasteiger partial charge in [-0.25, -0.2) is 0 Å². The standard InChI is InChI=1S/C11H11F3O/c1-6-4-8(3)9(5-7(6)2)10(15)11(12,13)14/h4-5H,1-3H3. The zero-order valence-corrected chi connectivity index (χ0v) is 8.70. The van der Waals surface area contributed by atoms with E-state index in [1.54, 1.807) is 19.9 Å². The lowest BCUT2D eigenvalue weighted by Gasteiger charge is -2.10. The van der Waals surface area contributed by atoms with E-state index < -0.39 is 12.0 Å². The number of Topliss-reactive ketones (excluding diaryl/α,β-unsaturated/α-hetero) is 1. The van der Waals surface area contributed by atoms with Crippen LogP contribution in [0, 0.1) is 20.8 Å². The molecule has 0 aliphatic carbocycles. The van der Waals surface area contributed by atoms with Gasteiger partial charge in [0.15, 0.2) is 0 Å². The van der Waals surface area contributed by atoms with Crippen LogP contribution < -0.4 is 0 Å². The molecule has 0 spiro atoms. The van der Waals surface area contributed by atoms with Gasteiger partial charge in [-0.15, -0.1) is 0 Å². The fraction of sp³-hybridized carbons (Fsp3) is 0.364. The maximum atomic E-state index is 12.2. The van der Waals surface area contributed by atoms with E-state index in [1.165, 1.54) is 13.0 Å². The number of halogens is 3. The third kappa shape index (κ3) is 2.37. The van der Waals surface area contributed by atoms with Gasteiger partial charge < -0.3 is 0 Å². The highest BCUT2D eigenvalue weighted by molar-refractivity contribution is 6.01. The number of hydrogen-bond acceptors (Lipinski definition) is 1. The molecule has 0 aliphatic rings. The molecule has 0 atom stereocenters. The van der Waals surface area contributed by atoms with Crippen LogP contribution in [0.3, 0.4) is 0 Å². The predicted octanol–water partition coefficient (Wildman–Crippen LogP) is 3.36. The van der Waals surface area contributed by atoms with Crippen LogP contribution in [0.25, 0.3) is 0 Å². The molecule has 0 saturated heterocycles. The summed E-state index contributed by atoms with van der Waals surface area (Å²) in [4.78, 5) is 11.0. The number of benzene rings is 1. The molecule has 15 heavy (non-hydrogen) atoms. The fourth-order valence-corrected chi connectivity index (χ4v) is 1.36. The van der Waals surface area contributed by atoms with Crippen LogP contribution in [0.2, 0.25) is 0 Å². The molecule has 0 amide bonds. The highest BCUT2D eigenvalue weighted by Gasteiger charge is 2.39. The molecule has 0 saturated carbocycles. The van der Waals surface area contributed by atoms with Crippen LogP contribution in [0.1, 0.15) is 27.0 Å².